The number of hydrogen-bond donors (Lipinski definition) is 2. The van der Waals surface area contributed by atoms with Crippen LogP contribution in [-0.4, -0.2) is 36.9 Å². The van der Waals surface area contributed by atoms with Gasteiger partial charge in [-0.1, -0.05) is 29.8 Å². The molecular formula is C14H19ClF3N3. The van der Waals surface area contributed by atoms with Crippen LogP contribution in [0.15, 0.2) is 18.2 Å². The van der Waals surface area contributed by atoms with Gasteiger partial charge in [0.25, 0.3) is 0 Å². The summed E-state index contributed by atoms with van der Waals surface area (Å²) in [5, 5.41) is 4.86. The molecule has 0 amide bonds. The molecule has 21 heavy (non-hydrogen) atoms. The maximum atomic E-state index is 12.7. The molecule has 7 heteroatoms. The SMILES string of the molecule is Cc1cccc(CN(CC(F)(F)F)NC2CCNC2)c1Cl. The maximum absolute atomic E-state index is 12.7. The summed E-state index contributed by atoms with van der Waals surface area (Å²) < 4.78 is 38.2. The van der Waals surface area contributed by atoms with E-state index in [4.69, 9.17) is 11.6 Å². The fourth-order valence-electron chi connectivity index (χ4n) is 2.42. The van der Waals surface area contributed by atoms with Crippen LogP contribution in [0.3, 0.4) is 0 Å². The topological polar surface area (TPSA) is 27.3 Å². The molecular weight excluding hydrogens is 303 g/mol. The van der Waals surface area contributed by atoms with E-state index >= 15 is 0 Å². The van der Waals surface area contributed by atoms with Gasteiger partial charge in [0.1, 0.15) is 6.54 Å². The molecule has 2 rings (SSSR count). The van der Waals surface area contributed by atoms with Gasteiger partial charge in [0.15, 0.2) is 0 Å². The molecule has 118 valence electrons. The second kappa shape index (κ2) is 6.96. The van der Waals surface area contributed by atoms with Crippen LogP contribution in [0.4, 0.5) is 13.2 Å². The second-order valence-electron chi connectivity index (χ2n) is 5.34. The Morgan fingerprint density at radius 1 is 1.43 bits per heavy atom. The fourth-order valence-corrected chi connectivity index (χ4v) is 2.61. The normalized spacial score (nSPS) is 19.4. The van der Waals surface area contributed by atoms with Gasteiger partial charge in [-0.3, -0.25) is 5.43 Å². The average Bonchev–Trinajstić information content (AvgIpc) is 2.85. The Bertz CT molecular complexity index is 473. The average molecular weight is 322 g/mol. The summed E-state index contributed by atoms with van der Waals surface area (Å²) in [7, 11) is 0. The van der Waals surface area contributed by atoms with E-state index in [0.29, 0.717) is 17.1 Å². The lowest BCUT2D eigenvalue weighted by Crippen LogP contribution is -2.49. The zero-order valence-corrected chi connectivity index (χ0v) is 12.6. The highest BCUT2D eigenvalue weighted by molar-refractivity contribution is 6.32. The van der Waals surface area contributed by atoms with Gasteiger partial charge in [-0.05, 0) is 31.0 Å². The van der Waals surface area contributed by atoms with Crippen molar-refractivity contribution >= 4 is 11.6 Å². The molecule has 1 aliphatic rings. The van der Waals surface area contributed by atoms with E-state index in [0.717, 1.165) is 18.5 Å². The standard InChI is InChI=1S/C14H19ClF3N3/c1-10-3-2-4-11(13(10)15)8-21(9-14(16,17)18)20-12-5-6-19-7-12/h2-4,12,19-20H,5-9H2,1H3. The number of benzene rings is 1. The molecule has 1 aromatic rings. The van der Waals surface area contributed by atoms with Gasteiger partial charge in [0, 0.05) is 24.2 Å². The summed E-state index contributed by atoms with van der Waals surface area (Å²) in [5.41, 5.74) is 4.52. The van der Waals surface area contributed by atoms with Crippen molar-refractivity contribution in [2.45, 2.75) is 32.1 Å². The molecule has 1 heterocycles. The predicted octanol–water partition coefficient (Wildman–Crippen LogP) is 2.88. The van der Waals surface area contributed by atoms with Crippen LogP contribution in [0, 0.1) is 6.92 Å². The molecule has 0 radical (unpaired) electrons. The Hall–Kier alpha value is -0.820. The van der Waals surface area contributed by atoms with Crippen molar-refractivity contribution in [3.63, 3.8) is 0 Å². The summed E-state index contributed by atoms with van der Waals surface area (Å²) in [6.07, 6.45) is -3.44. The van der Waals surface area contributed by atoms with Crippen molar-refractivity contribution in [3.05, 3.63) is 34.3 Å². The highest BCUT2D eigenvalue weighted by Crippen LogP contribution is 2.23. The van der Waals surface area contributed by atoms with E-state index in [2.05, 4.69) is 10.7 Å². The number of halogens is 4. The van der Waals surface area contributed by atoms with Crippen molar-refractivity contribution < 1.29 is 13.2 Å². The van der Waals surface area contributed by atoms with Gasteiger partial charge in [-0.15, -0.1) is 0 Å². The molecule has 0 aliphatic carbocycles. The fraction of sp³-hybridized carbons (Fsp3) is 0.571. The lowest BCUT2D eigenvalue weighted by molar-refractivity contribution is -0.155. The van der Waals surface area contributed by atoms with Crippen molar-refractivity contribution in [1.29, 1.82) is 0 Å². The zero-order chi connectivity index (χ0) is 15.5. The molecule has 1 fully saturated rings. The molecule has 2 N–H and O–H groups in total. The third kappa shape index (κ3) is 5.14. The first-order valence-electron chi connectivity index (χ1n) is 6.88. The molecule has 0 saturated carbocycles. The molecule has 1 aromatic carbocycles. The minimum Gasteiger partial charge on any atom is -0.315 e. The van der Waals surface area contributed by atoms with E-state index < -0.39 is 12.7 Å². The summed E-state index contributed by atoms with van der Waals surface area (Å²) >= 11 is 6.18. The quantitative estimate of drug-likeness (QED) is 0.817. The Morgan fingerprint density at radius 2 is 2.19 bits per heavy atom. The summed E-state index contributed by atoms with van der Waals surface area (Å²) in [6.45, 7) is 2.46. The van der Waals surface area contributed by atoms with Gasteiger partial charge in [0.2, 0.25) is 0 Å². The van der Waals surface area contributed by atoms with Crippen LogP contribution in [0.1, 0.15) is 17.5 Å². The van der Waals surface area contributed by atoms with Crippen LogP contribution < -0.4 is 10.7 Å². The molecule has 1 unspecified atom stereocenters. The lowest BCUT2D eigenvalue weighted by Gasteiger charge is -2.28. The molecule has 0 bridgehead atoms. The largest absolute Gasteiger partial charge is 0.402 e. The van der Waals surface area contributed by atoms with Crippen LogP contribution in [-0.2, 0) is 6.54 Å². The Balaban J connectivity index is 2.08. The number of nitrogens with zero attached hydrogens (tertiary/aromatic N) is 1. The molecule has 0 aromatic heterocycles. The minimum absolute atomic E-state index is 0.0240. The van der Waals surface area contributed by atoms with Crippen LogP contribution in [0.2, 0.25) is 5.02 Å². The first-order chi connectivity index (χ1) is 9.85. The van der Waals surface area contributed by atoms with Gasteiger partial charge in [0.05, 0.1) is 0 Å². The molecule has 1 atom stereocenters. The van der Waals surface area contributed by atoms with Crippen molar-refractivity contribution in [2.75, 3.05) is 19.6 Å². The smallest absolute Gasteiger partial charge is 0.315 e. The minimum atomic E-state index is -4.25. The molecule has 3 nitrogen and oxygen atoms in total. The van der Waals surface area contributed by atoms with E-state index in [9.17, 15) is 13.2 Å². The van der Waals surface area contributed by atoms with Gasteiger partial charge in [-0.25, -0.2) is 5.01 Å². The number of aryl methyl sites for hydroxylation is 1. The Labute approximate surface area is 127 Å². The summed E-state index contributed by atoms with van der Waals surface area (Å²) in [6, 6.07) is 5.43. The maximum Gasteiger partial charge on any atom is 0.402 e. The van der Waals surface area contributed by atoms with Crippen molar-refractivity contribution in [1.82, 2.24) is 15.8 Å². The van der Waals surface area contributed by atoms with Gasteiger partial charge >= 0.3 is 6.18 Å². The second-order valence-corrected chi connectivity index (χ2v) is 5.72. The zero-order valence-electron chi connectivity index (χ0n) is 11.8. The summed E-state index contributed by atoms with van der Waals surface area (Å²) in [5.74, 6) is 0. The Morgan fingerprint density at radius 3 is 2.81 bits per heavy atom. The summed E-state index contributed by atoms with van der Waals surface area (Å²) in [4.78, 5) is 0. The molecule has 1 aliphatic heterocycles. The Kier molecular flexibility index (Phi) is 5.48. The van der Waals surface area contributed by atoms with Crippen LogP contribution in [0.25, 0.3) is 0 Å². The third-order valence-electron chi connectivity index (χ3n) is 3.43. The number of alkyl halides is 3. The van der Waals surface area contributed by atoms with Gasteiger partial charge < -0.3 is 5.32 Å². The van der Waals surface area contributed by atoms with Gasteiger partial charge in [-0.2, -0.15) is 13.2 Å². The number of nitrogens with one attached hydrogen (secondary N) is 2. The van der Waals surface area contributed by atoms with E-state index in [1.165, 1.54) is 5.01 Å². The third-order valence-corrected chi connectivity index (χ3v) is 3.97. The van der Waals surface area contributed by atoms with Crippen molar-refractivity contribution in [3.8, 4) is 0 Å². The number of hydrazine groups is 1. The van der Waals surface area contributed by atoms with E-state index in [-0.39, 0.29) is 12.6 Å². The first-order valence-corrected chi connectivity index (χ1v) is 7.25. The first kappa shape index (κ1) is 16.5. The van der Waals surface area contributed by atoms with E-state index in [1.807, 2.05) is 13.0 Å². The predicted molar refractivity (Wildman–Crippen MR) is 77.1 cm³/mol. The molecule has 1 saturated heterocycles. The molecule has 0 spiro atoms. The highest BCUT2D eigenvalue weighted by atomic mass is 35.5. The van der Waals surface area contributed by atoms with Crippen molar-refractivity contribution in [2.24, 2.45) is 0 Å². The number of rotatable bonds is 5. The van der Waals surface area contributed by atoms with Crippen LogP contribution in [0.5, 0.6) is 0 Å². The van der Waals surface area contributed by atoms with E-state index in [1.54, 1.807) is 12.1 Å². The van der Waals surface area contributed by atoms with Crippen LogP contribution >= 0.6 is 11.6 Å². The highest BCUT2D eigenvalue weighted by Gasteiger charge is 2.32. The lowest BCUT2D eigenvalue weighted by atomic mass is 10.1. The number of hydrogen-bond acceptors (Lipinski definition) is 3. The monoisotopic (exact) mass is 321 g/mol.